The van der Waals surface area contributed by atoms with E-state index in [0.29, 0.717) is 6.61 Å². The molecule has 0 saturated carbocycles. The monoisotopic (exact) mass is 407 g/mol. The van der Waals surface area contributed by atoms with Crippen molar-refractivity contribution in [2.75, 3.05) is 7.11 Å². The average molecular weight is 407 g/mol. The van der Waals surface area contributed by atoms with Gasteiger partial charge in [0, 0.05) is 23.2 Å². The fourth-order valence-corrected chi connectivity index (χ4v) is 3.54. The lowest BCUT2D eigenvalue weighted by molar-refractivity contribution is 0.306. The van der Waals surface area contributed by atoms with Crippen LogP contribution in [0.4, 0.5) is 0 Å². The van der Waals surface area contributed by atoms with Gasteiger partial charge >= 0.3 is 0 Å². The summed E-state index contributed by atoms with van der Waals surface area (Å²) < 4.78 is 13.2. The highest BCUT2D eigenvalue weighted by Crippen LogP contribution is 2.30. The molecule has 152 valence electrons. The summed E-state index contributed by atoms with van der Waals surface area (Å²) in [6.07, 6.45) is 1.79. The Morgan fingerprint density at radius 1 is 0.806 bits per heavy atom. The summed E-state index contributed by atoms with van der Waals surface area (Å²) >= 11 is 0. The zero-order valence-corrected chi connectivity index (χ0v) is 17.1. The molecule has 0 unspecified atom stereocenters. The van der Waals surface area contributed by atoms with Crippen LogP contribution in [0.2, 0.25) is 0 Å². The molecule has 0 atom stereocenters. The van der Waals surface area contributed by atoms with Gasteiger partial charge in [-0.05, 0) is 54.1 Å². The molecule has 2 aromatic heterocycles. The Bertz CT molecular complexity index is 1310. The molecule has 5 heteroatoms. The molecule has 5 aromatic rings. The van der Waals surface area contributed by atoms with Crippen molar-refractivity contribution in [2.24, 2.45) is 0 Å². The molecule has 0 aliphatic rings. The van der Waals surface area contributed by atoms with Crippen LogP contribution in [-0.2, 0) is 6.61 Å². The van der Waals surface area contributed by atoms with Gasteiger partial charge in [-0.15, -0.1) is 0 Å². The summed E-state index contributed by atoms with van der Waals surface area (Å²) in [6.45, 7) is 0.513. The Labute approximate surface area is 180 Å². The van der Waals surface area contributed by atoms with E-state index in [0.717, 1.165) is 45.0 Å². The summed E-state index contributed by atoms with van der Waals surface area (Å²) in [5, 5.41) is 5.89. The molecule has 5 rings (SSSR count). The molecule has 3 aromatic carbocycles. The number of rotatable bonds is 6. The first-order chi connectivity index (χ1) is 15.3. The molecule has 0 bridgehead atoms. The van der Waals surface area contributed by atoms with E-state index in [4.69, 9.17) is 14.6 Å². The first-order valence-corrected chi connectivity index (χ1v) is 10.1. The number of aromatic nitrogens is 3. The Hall–Kier alpha value is -4.12. The van der Waals surface area contributed by atoms with Crippen molar-refractivity contribution >= 4 is 11.0 Å². The van der Waals surface area contributed by atoms with Gasteiger partial charge in [0.2, 0.25) is 0 Å². The van der Waals surface area contributed by atoms with Crippen LogP contribution in [0.1, 0.15) is 5.56 Å². The third-order valence-electron chi connectivity index (χ3n) is 5.12. The lowest BCUT2D eigenvalue weighted by atomic mass is 10.1. The Kier molecular flexibility index (Phi) is 5.07. The number of hydrogen-bond acceptors (Lipinski definition) is 4. The smallest absolute Gasteiger partial charge is 0.163 e. The van der Waals surface area contributed by atoms with Crippen LogP contribution in [0, 0.1) is 0 Å². The van der Waals surface area contributed by atoms with Gasteiger partial charge < -0.3 is 9.47 Å². The van der Waals surface area contributed by atoms with Crippen LogP contribution in [-0.4, -0.2) is 21.9 Å². The van der Waals surface area contributed by atoms with Gasteiger partial charge in [-0.2, -0.15) is 5.10 Å². The fraction of sp³-hybridized carbons (Fsp3) is 0.0769. The normalized spacial score (nSPS) is 10.9. The van der Waals surface area contributed by atoms with Gasteiger partial charge in [0.05, 0.1) is 12.8 Å². The highest BCUT2D eigenvalue weighted by atomic mass is 16.5. The second-order valence-electron chi connectivity index (χ2n) is 7.14. The summed E-state index contributed by atoms with van der Waals surface area (Å²) in [7, 11) is 1.66. The average Bonchev–Trinajstić information content (AvgIpc) is 3.23. The third kappa shape index (κ3) is 3.85. The quantitative estimate of drug-likeness (QED) is 0.364. The van der Waals surface area contributed by atoms with E-state index in [1.165, 1.54) is 0 Å². The summed E-state index contributed by atoms with van der Waals surface area (Å²) in [4.78, 5) is 4.60. The number of hydrogen-bond donors (Lipinski definition) is 0. The number of nitrogens with zero attached hydrogens (tertiary/aromatic N) is 3. The van der Waals surface area contributed by atoms with E-state index >= 15 is 0 Å². The van der Waals surface area contributed by atoms with Crippen LogP contribution >= 0.6 is 0 Å². The molecule has 0 N–H and O–H groups in total. The highest BCUT2D eigenvalue weighted by molar-refractivity contribution is 5.92. The van der Waals surface area contributed by atoms with E-state index < -0.39 is 0 Å². The zero-order chi connectivity index (χ0) is 21.0. The molecule has 5 nitrogen and oxygen atoms in total. The van der Waals surface area contributed by atoms with Crippen LogP contribution in [0.25, 0.3) is 28.0 Å². The zero-order valence-electron chi connectivity index (χ0n) is 17.1. The molecule has 0 aliphatic heterocycles. The van der Waals surface area contributed by atoms with E-state index in [-0.39, 0.29) is 0 Å². The number of benzene rings is 3. The van der Waals surface area contributed by atoms with Crippen LogP contribution < -0.4 is 9.47 Å². The largest absolute Gasteiger partial charge is 0.497 e. The lowest BCUT2D eigenvalue weighted by Gasteiger charge is -2.09. The number of fused-ring (bicyclic) bond motifs is 1. The van der Waals surface area contributed by atoms with Gasteiger partial charge in [-0.25, -0.2) is 9.67 Å². The summed E-state index contributed by atoms with van der Waals surface area (Å²) in [6, 6.07) is 29.9. The van der Waals surface area contributed by atoms with Crippen molar-refractivity contribution in [3.05, 3.63) is 103 Å². The van der Waals surface area contributed by atoms with Gasteiger partial charge in [-0.1, -0.05) is 36.4 Å². The van der Waals surface area contributed by atoms with Crippen molar-refractivity contribution < 1.29 is 9.47 Å². The second kappa shape index (κ2) is 8.32. The van der Waals surface area contributed by atoms with Gasteiger partial charge in [0.25, 0.3) is 0 Å². The Morgan fingerprint density at radius 3 is 2.45 bits per heavy atom. The minimum atomic E-state index is 0.513. The van der Waals surface area contributed by atoms with Crippen molar-refractivity contribution in [1.82, 2.24) is 14.8 Å². The van der Waals surface area contributed by atoms with Gasteiger partial charge in [0.1, 0.15) is 23.8 Å². The molecule has 0 radical (unpaired) electrons. The highest BCUT2D eigenvalue weighted by Gasteiger charge is 2.15. The standard InChI is InChI=1S/C26H21N3O2/c1-30-22-14-12-20(13-15-22)25-24-11-6-16-27-26(24)29(28-25)21-9-5-10-23(17-21)31-18-19-7-3-2-4-8-19/h2-17H,18H2,1H3. The summed E-state index contributed by atoms with van der Waals surface area (Å²) in [5.41, 5.74) is 4.71. The molecule has 0 spiro atoms. The Morgan fingerprint density at radius 2 is 1.65 bits per heavy atom. The number of methoxy groups -OCH3 is 1. The predicted octanol–water partition coefficient (Wildman–Crippen LogP) is 5.68. The first-order valence-electron chi connectivity index (χ1n) is 10.1. The topological polar surface area (TPSA) is 49.2 Å². The van der Waals surface area contributed by atoms with Crippen LogP contribution in [0.3, 0.4) is 0 Å². The third-order valence-corrected chi connectivity index (χ3v) is 5.12. The molecule has 0 fully saturated rings. The molecule has 31 heavy (non-hydrogen) atoms. The van der Waals surface area contributed by atoms with Crippen molar-refractivity contribution in [3.8, 4) is 28.4 Å². The Balaban J connectivity index is 1.51. The number of ether oxygens (including phenoxy) is 2. The maximum absolute atomic E-state index is 6.01. The van der Waals surface area contributed by atoms with Crippen molar-refractivity contribution in [1.29, 1.82) is 0 Å². The fourth-order valence-electron chi connectivity index (χ4n) is 3.54. The van der Waals surface area contributed by atoms with Crippen LogP contribution in [0.15, 0.2) is 97.2 Å². The van der Waals surface area contributed by atoms with Gasteiger partial charge in [0.15, 0.2) is 5.65 Å². The van der Waals surface area contributed by atoms with Crippen molar-refractivity contribution in [2.45, 2.75) is 6.61 Å². The van der Waals surface area contributed by atoms with E-state index in [2.05, 4.69) is 17.1 Å². The van der Waals surface area contributed by atoms with E-state index in [1.54, 1.807) is 13.3 Å². The maximum Gasteiger partial charge on any atom is 0.163 e. The molecule has 0 aliphatic carbocycles. The minimum Gasteiger partial charge on any atom is -0.497 e. The first kappa shape index (κ1) is 18.9. The molecule has 0 saturated heterocycles. The minimum absolute atomic E-state index is 0.513. The second-order valence-corrected chi connectivity index (χ2v) is 7.14. The van der Waals surface area contributed by atoms with Gasteiger partial charge in [-0.3, -0.25) is 0 Å². The van der Waals surface area contributed by atoms with E-state index in [9.17, 15) is 0 Å². The van der Waals surface area contributed by atoms with Crippen LogP contribution in [0.5, 0.6) is 11.5 Å². The molecular formula is C26H21N3O2. The molecular weight excluding hydrogens is 386 g/mol. The SMILES string of the molecule is COc1ccc(-c2nn(-c3cccc(OCc4ccccc4)c3)c3ncccc23)cc1. The van der Waals surface area contributed by atoms with Crippen molar-refractivity contribution in [3.63, 3.8) is 0 Å². The molecule has 0 amide bonds. The maximum atomic E-state index is 6.01. The van der Waals surface area contributed by atoms with E-state index in [1.807, 2.05) is 83.5 Å². The predicted molar refractivity (Wildman–Crippen MR) is 122 cm³/mol. The summed E-state index contributed by atoms with van der Waals surface area (Å²) in [5.74, 6) is 1.60. The molecule has 2 heterocycles. The lowest BCUT2D eigenvalue weighted by Crippen LogP contribution is -2.00. The number of pyridine rings is 1.